The number of hydrogen-bond acceptors (Lipinski definition) is 4. The highest BCUT2D eigenvalue weighted by molar-refractivity contribution is 5.97. The van der Waals surface area contributed by atoms with Gasteiger partial charge in [-0.15, -0.1) is 0 Å². The van der Waals surface area contributed by atoms with Gasteiger partial charge in [0.1, 0.15) is 0 Å². The number of carbonyl (C=O) groups is 1. The van der Waals surface area contributed by atoms with Crippen molar-refractivity contribution in [3.63, 3.8) is 0 Å². The number of hydrogen-bond donors (Lipinski definition) is 1. The molecule has 0 atom stereocenters. The van der Waals surface area contributed by atoms with E-state index in [1.54, 1.807) is 0 Å². The number of aryl methyl sites for hydroxylation is 2. The van der Waals surface area contributed by atoms with E-state index in [-0.39, 0.29) is 12.5 Å². The Labute approximate surface area is 137 Å². The molecule has 5 heteroatoms. The number of carbonyl (C=O) groups excluding carboxylic acids is 1. The van der Waals surface area contributed by atoms with Crippen LogP contribution in [0.1, 0.15) is 58.2 Å². The van der Waals surface area contributed by atoms with Crippen LogP contribution < -0.4 is 5.32 Å². The standard InChI is InChI=1S/C18H25N3O2/c1-10(2)7-15-20-16(23-21-15)9-19-18(22)17-13(5)11(3)8-12(4)14(17)6/h8,10H,7,9H2,1-6H3,(H,19,22). The molecule has 0 saturated heterocycles. The van der Waals surface area contributed by atoms with Crippen LogP contribution in [0.25, 0.3) is 0 Å². The lowest BCUT2D eigenvalue weighted by atomic mass is 9.94. The Morgan fingerprint density at radius 2 is 1.78 bits per heavy atom. The minimum Gasteiger partial charge on any atom is -0.343 e. The summed E-state index contributed by atoms with van der Waals surface area (Å²) in [6, 6.07) is 2.11. The summed E-state index contributed by atoms with van der Waals surface area (Å²) in [5.41, 5.74) is 5.00. The molecule has 1 amide bonds. The molecule has 0 aliphatic rings. The van der Waals surface area contributed by atoms with Gasteiger partial charge >= 0.3 is 0 Å². The van der Waals surface area contributed by atoms with Gasteiger partial charge in [-0.3, -0.25) is 4.79 Å². The number of nitrogens with one attached hydrogen (secondary N) is 1. The van der Waals surface area contributed by atoms with Crippen LogP contribution in [0.15, 0.2) is 10.6 Å². The van der Waals surface area contributed by atoms with Gasteiger partial charge in [-0.05, 0) is 55.9 Å². The summed E-state index contributed by atoms with van der Waals surface area (Å²) in [5, 5.41) is 6.82. The van der Waals surface area contributed by atoms with E-state index < -0.39 is 0 Å². The Morgan fingerprint density at radius 1 is 1.17 bits per heavy atom. The van der Waals surface area contributed by atoms with Crippen molar-refractivity contribution in [1.29, 1.82) is 0 Å². The molecule has 1 N–H and O–H groups in total. The zero-order chi connectivity index (χ0) is 17.1. The Morgan fingerprint density at radius 3 is 2.35 bits per heavy atom. The molecule has 0 aliphatic heterocycles. The summed E-state index contributed by atoms with van der Waals surface area (Å²) in [6.07, 6.45) is 0.771. The largest absolute Gasteiger partial charge is 0.343 e. The zero-order valence-electron chi connectivity index (χ0n) is 14.8. The van der Waals surface area contributed by atoms with Crippen LogP contribution in [-0.2, 0) is 13.0 Å². The van der Waals surface area contributed by atoms with Crippen LogP contribution in [0.3, 0.4) is 0 Å². The summed E-state index contributed by atoms with van der Waals surface area (Å²) in [4.78, 5) is 16.9. The number of amides is 1. The molecule has 1 aromatic carbocycles. The first-order chi connectivity index (χ1) is 10.8. The highest BCUT2D eigenvalue weighted by Gasteiger charge is 2.16. The van der Waals surface area contributed by atoms with Crippen molar-refractivity contribution in [3.05, 3.63) is 45.6 Å². The van der Waals surface area contributed by atoms with Crippen molar-refractivity contribution in [2.45, 2.75) is 54.5 Å². The van der Waals surface area contributed by atoms with E-state index in [2.05, 4.69) is 35.4 Å². The topological polar surface area (TPSA) is 68.0 Å². The van der Waals surface area contributed by atoms with Crippen LogP contribution in [0, 0.1) is 33.6 Å². The van der Waals surface area contributed by atoms with Gasteiger partial charge in [0.2, 0.25) is 5.89 Å². The van der Waals surface area contributed by atoms with E-state index >= 15 is 0 Å². The second-order valence-corrected chi connectivity index (χ2v) is 6.52. The molecule has 23 heavy (non-hydrogen) atoms. The van der Waals surface area contributed by atoms with Gasteiger partial charge in [0.05, 0.1) is 6.54 Å². The van der Waals surface area contributed by atoms with E-state index in [9.17, 15) is 4.79 Å². The van der Waals surface area contributed by atoms with Crippen molar-refractivity contribution >= 4 is 5.91 Å². The fraction of sp³-hybridized carbons (Fsp3) is 0.500. The lowest BCUT2D eigenvalue weighted by Crippen LogP contribution is -2.25. The first kappa shape index (κ1) is 17.2. The molecular weight excluding hydrogens is 290 g/mol. The maximum Gasteiger partial charge on any atom is 0.252 e. The fourth-order valence-corrected chi connectivity index (χ4v) is 2.61. The molecule has 5 nitrogen and oxygen atoms in total. The summed E-state index contributed by atoms with van der Waals surface area (Å²) < 4.78 is 5.18. The zero-order valence-corrected chi connectivity index (χ0v) is 14.8. The normalized spacial score (nSPS) is 11.1. The number of benzene rings is 1. The SMILES string of the molecule is Cc1cc(C)c(C)c(C(=O)NCc2nc(CC(C)C)no2)c1C. The Kier molecular flexibility index (Phi) is 5.19. The van der Waals surface area contributed by atoms with Crippen molar-refractivity contribution < 1.29 is 9.32 Å². The van der Waals surface area contributed by atoms with Gasteiger partial charge < -0.3 is 9.84 Å². The number of nitrogens with zero attached hydrogens (tertiary/aromatic N) is 2. The third kappa shape index (κ3) is 3.97. The molecule has 0 spiro atoms. The molecule has 0 radical (unpaired) electrons. The van der Waals surface area contributed by atoms with Gasteiger partial charge in [-0.2, -0.15) is 4.98 Å². The highest BCUT2D eigenvalue weighted by Crippen LogP contribution is 2.21. The monoisotopic (exact) mass is 315 g/mol. The van der Waals surface area contributed by atoms with E-state index in [1.165, 1.54) is 0 Å². The molecule has 124 valence electrons. The molecule has 0 bridgehead atoms. The van der Waals surface area contributed by atoms with E-state index in [4.69, 9.17) is 4.52 Å². The molecule has 1 heterocycles. The van der Waals surface area contributed by atoms with Crippen LogP contribution in [0.4, 0.5) is 0 Å². The first-order valence-electron chi connectivity index (χ1n) is 7.96. The lowest BCUT2D eigenvalue weighted by molar-refractivity contribution is 0.0945. The van der Waals surface area contributed by atoms with Gasteiger partial charge in [0.15, 0.2) is 5.82 Å². The number of rotatable bonds is 5. The minimum atomic E-state index is -0.101. The van der Waals surface area contributed by atoms with Crippen molar-refractivity contribution in [2.24, 2.45) is 5.92 Å². The third-order valence-corrected chi connectivity index (χ3v) is 4.09. The number of aromatic nitrogens is 2. The molecule has 0 unspecified atom stereocenters. The van der Waals surface area contributed by atoms with Crippen LogP contribution in [-0.4, -0.2) is 16.0 Å². The second-order valence-electron chi connectivity index (χ2n) is 6.52. The summed E-state index contributed by atoms with van der Waals surface area (Å²) >= 11 is 0. The molecule has 2 rings (SSSR count). The van der Waals surface area contributed by atoms with Crippen molar-refractivity contribution in [3.8, 4) is 0 Å². The smallest absolute Gasteiger partial charge is 0.252 e. The third-order valence-electron chi connectivity index (χ3n) is 4.09. The fourth-order valence-electron chi connectivity index (χ4n) is 2.61. The maximum absolute atomic E-state index is 12.5. The Hall–Kier alpha value is -2.17. The van der Waals surface area contributed by atoms with Gasteiger partial charge in [0.25, 0.3) is 5.91 Å². The average Bonchev–Trinajstić information content (AvgIpc) is 2.90. The molecule has 0 fully saturated rings. The quantitative estimate of drug-likeness (QED) is 0.918. The molecule has 0 saturated carbocycles. The predicted octanol–water partition coefficient (Wildman–Crippen LogP) is 3.43. The first-order valence-corrected chi connectivity index (χ1v) is 7.96. The van der Waals surface area contributed by atoms with E-state index in [0.717, 1.165) is 34.2 Å². The summed E-state index contributed by atoms with van der Waals surface area (Å²) in [7, 11) is 0. The summed E-state index contributed by atoms with van der Waals surface area (Å²) in [6.45, 7) is 12.4. The minimum absolute atomic E-state index is 0.101. The summed E-state index contributed by atoms with van der Waals surface area (Å²) in [5.74, 6) is 1.49. The van der Waals surface area contributed by atoms with E-state index in [1.807, 2.05) is 27.7 Å². The van der Waals surface area contributed by atoms with Crippen molar-refractivity contribution in [2.75, 3.05) is 0 Å². The van der Waals surface area contributed by atoms with Crippen LogP contribution in [0.5, 0.6) is 0 Å². The average molecular weight is 315 g/mol. The highest BCUT2D eigenvalue weighted by atomic mass is 16.5. The maximum atomic E-state index is 12.5. The van der Waals surface area contributed by atoms with Gasteiger partial charge in [-0.25, -0.2) is 0 Å². The Bertz CT molecular complexity index is 691. The molecule has 0 aliphatic carbocycles. The molecule has 1 aromatic heterocycles. The van der Waals surface area contributed by atoms with Crippen LogP contribution in [0.2, 0.25) is 0 Å². The van der Waals surface area contributed by atoms with E-state index in [0.29, 0.717) is 17.6 Å². The lowest BCUT2D eigenvalue weighted by Gasteiger charge is -2.14. The van der Waals surface area contributed by atoms with Crippen LogP contribution >= 0.6 is 0 Å². The van der Waals surface area contributed by atoms with Crippen molar-refractivity contribution in [1.82, 2.24) is 15.5 Å². The Balaban J connectivity index is 2.10. The predicted molar refractivity (Wildman–Crippen MR) is 89.4 cm³/mol. The van der Waals surface area contributed by atoms with Gasteiger partial charge in [0, 0.05) is 12.0 Å². The van der Waals surface area contributed by atoms with Gasteiger partial charge in [-0.1, -0.05) is 25.1 Å². The molecular formula is C18H25N3O2. The molecule has 2 aromatic rings. The second kappa shape index (κ2) is 6.94.